The Bertz CT molecular complexity index is 1160. The number of hydrogen-bond acceptors (Lipinski definition) is 5. The second-order valence-corrected chi connectivity index (χ2v) is 7.93. The third kappa shape index (κ3) is 4.15. The number of thiazole rings is 1. The topological polar surface area (TPSA) is 60.2 Å². The number of carbonyl (C=O) groups excluding carboxylic acids is 1. The molecular weight excluding hydrogens is 427 g/mol. The van der Waals surface area contributed by atoms with Crippen LogP contribution in [0.2, 0.25) is 5.02 Å². The maximum atomic E-state index is 13.3. The SMILES string of the molecule is COc1ccc(Cl)c2sc(N(CCCn3ccnc3)C(=O)c3ccc(F)cc3)nc12. The lowest BCUT2D eigenvalue weighted by molar-refractivity contribution is 0.0986. The van der Waals surface area contributed by atoms with E-state index in [-0.39, 0.29) is 5.91 Å². The molecule has 2 heterocycles. The van der Waals surface area contributed by atoms with Gasteiger partial charge in [-0.3, -0.25) is 9.69 Å². The molecule has 0 atom stereocenters. The first-order valence-electron chi connectivity index (χ1n) is 9.23. The fourth-order valence-electron chi connectivity index (χ4n) is 3.08. The van der Waals surface area contributed by atoms with Crippen LogP contribution in [0.25, 0.3) is 10.2 Å². The van der Waals surface area contributed by atoms with Gasteiger partial charge in [0.15, 0.2) is 5.13 Å². The Morgan fingerprint density at radius 3 is 2.77 bits per heavy atom. The maximum Gasteiger partial charge on any atom is 0.260 e. The number of ether oxygens (including phenoxy) is 1. The van der Waals surface area contributed by atoms with Crippen molar-refractivity contribution in [3.63, 3.8) is 0 Å². The van der Waals surface area contributed by atoms with E-state index < -0.39 is 5.82 Å². The molecule has 0 saturated carbocycles. The first-order chi connectivity index (χ1) is 14.6. The van der Waals surface area contributed by atoms with Gasteiger partial charge in [0.1, 0.15) is 17.1 Å². The highest BCUT2D eigenvalue weighted by Gasteiger charge is 2.23. The van der Waals surface area contributed by atoms with Crippen molar-refractivity contribution in [3.05, 3.63) is 71.5 Å². The van der Waals surface area contributed by atoms with Gasteiger partial charge >= 0.3 is 0 Å². The summed E-state index contributed by atoms with van der Waals surface area (Å²) in [6.07, 6.45) is 6.00. The van der Waals surface area contributed by atoms with Gasteiger partial charge in [-0.05, 0) is 42.8 Å². The lowest BCUT2D eigenvalue weighted by atomic mass is 10.2. The number of carbonyl (C=O) groups is 1. The molecule has 0 fully saturated rings. The van der Waals surface area contributed by atoms with Crippen molar-refractivity contribution in [1.29, 1.82) is 0 Å². The van der Waals surface area contributed by atoms with Crippen molar-refractivity contribution in [3.8, 4) is 5.75 Å². The zero-order chi connectivity index (χ0) is 21.1. The minimum atomic E-state index is -0.394. The fourth-order valence-corrected chi connectivity index (χ4v) is 4.36. The fraction of sp³-hybridized carbons (Fsp3) is 0.190. The van der Waals surface area contributed by atoms with Gasteiger partial charge in [-0.25, -0.2) is 14.4 Å². The van der Waals surface area contributed by atoms with Gasteiger partial charge < -0.3 is 9.30 Å². The normalized spacial score (nSPS) is 11.0. The molecule has 0 radical (unpaired) electrons. The third-order valence-corrected chi connectivity index (χ3v) is 6.13. The van der Waals surface area contributed by atoms with Gasteiger partial charge in [0, 0.05) is 31.0 Å². The number of rotatable bonds is 7. The summed E-state index contributed by atoms with van der Waals surface area (Å²) in [7, 11) is 1.56. The van der Waals surface area contributed by atoms with Crippen molar-refractivity contribution in [2.75, 3.05) is 18.6 Å². The van der Waals surface area contributed by atoms with E-state index in [1.165, 1.54) is 35.6 Å². The van der Waals surface area contributed by atoms with Gasteiger partial charge in [0.2, 0.25) is 0 Å². The summed E-state index contributed by atoms with van der Waals surface area (Å²) in [6.45, 7) is 1.12. The highest BCUT2D eigenvalue weighted by atomic mass is 35.5. The first-order valence-corrected chi connectivity index (χ1v) is 10.4. The average molecular weight is 445 g/mol. The van der Waals surface area contributed by atoms with Gasteiger partial charge in [-0.1, -0.05) is 22.9 Å². The predicted molar refractivity (Wildman–Crippen MR) is 116 cm³/mol. The van der Waals surface area contributed by atoms with Gasteiger partial charge in [-0.15, -0.1) is 0 Å². The second kappa shape index (κ2) is 8.81. The monoisotopic (exact) mass is 444 g/mol. The van der Waals surface area contributed by atoms with Crippen molar-refractivity contribution < 1.29 is 13.9 Å². The summed E-state index contributed by atoms with van der Waals surface area (Å²) in [5.74, 6) is -0.0611. The largest absolute Gasteiger partial charge is 0.494 e. The number of benzene rings is 2. The number of anilines is 1. The molecule has 154 valence electrons. The number of hydrogen-bond donors (Lipinski definition) is 0. The molecular formula is C21H18ClFN4O2S. The molecule has 0 unspecified atom stereocenters. The zero-order valence-corrected chi connectivity index (χ0v) is 17.7. The Morgan fingerprint density at radius 2 is 2.07 bits per heavy atom. The predicted octanol–water partition coefficient (Wildman–Crippen LogP) is 5.03. The number of nitrogens with zero attached hydrogens (tertiary/aromatic N) is 4. The number of imidazole rings is 1. The van der Waals surface area contributed by atoms with E-state index in [0.717, 1.165) is 4.70 Å². The van der Waals surface area contributed by atoms with E-state index in [9.17, 15) is 9.18 Å². The summed E-state index contributed by atoms with van der Waals surface area (Å²) in [6, 6.07) is 8.99. The standard InChI is InChI=1S/C21H18ClFN4O2S/c1-29-17-8-7-16(22)19-18(17)25-21(30-19)27(11-2-10-26-12-9-24-13-26)20(28)14-3-5-15(23)6-4-14/h3-9,12-13H,2,10-11H2,1H3. The van der Waals surface area contributed by atoms with Crippen molar-refractivity contribution >= 4 is 44.2 Å². The summed E-state index contributed by atoms with van der Waals surface area (Å²) in [4.78, 5) is 23.5. The van der Waals surface area contributed by atoms with Crippen LogP contribution in [0.5, 0.6) is 5.75 Å². The molecule has 0 saturated heterocycles. The Balaban J connectivity index is 1.68. The molecule has 9 heteroatoms. The van der Waals surface area contributed by atoms with E-state index in [1.807, 2.05) is 10.8 Å². The van der Waals surface area contributed by atoms with Crippen LogP contribution in [0, 0.1) is 5.82 Å². The lowest BCUT2D eigenvalue weighted by Crippen LogP contribution is -2.32. The van der Waals surface area contributed by atoms with Crippen LogP contribution in [0.15, 0.2) is 55.1 Å². The second-order valence-electron chi connectivity index (χ2n) is 6.54. The minimum Gasteiger partial charge on any atom is -0.494 e. The molecule has 6 nitrogen and oxygen atoms in total. The third-order valence-electron chi connectivity index (χ3n) is 4.59. The Hall–Kier alpha value is -2.97. The Labute approximate surface area is 181 Å². The summed E-state index contributed by atoms with van der Waals surface area (Å²) >= 11 is 7.67. The number of aryl methyl sites for hydroxylation is 1. The molecule has 0 aliphatic rings. The van der Waals surface area contributed by atoms with Crippen LogP contribution in [-0.4, -0.2) is 34.1 Å². The molecule has 30 heavy (non-hydrogen) atoms. The molecule has 0 spiro atoms. The molecule has 4 aromatic rings. The van der Waals surface area contributed by atoms with Crippen molar-refractivity contribution in [1.82, 2.24) is 14.5 Å². The summed E-state index contributed by atoms with van der Waals surface area (Å²) < 4.78 is 21.4. The minimum absolute atomic E-state index is 0.255. The Morgan fingerprint density at radius 1 is 1.27 bits per heavy atom. The molecule has 0 aliphatic heterocycles. The number of amides is 1. The summed E-state index contributed by atoms with van der Waals surface area (Å²) in [5.41, 5.74) is 0.993. The highest BCUT2D eigenvalue weighted by molar-refractivity contribution is 7.23. The number of fused-ring (bicyclic) bond motifs is 1. The van der Waals surface area contributed by atoms with Crippen LogP contribution in [0.3, 0.4) is 0 Å². The quantitative estimate of drug-likeness (QED) is 0.401. The molecule has 2 aromatic carbocycles. The molecule has 1 amide bonds. The molecule has 0 N–H and O–H groups in total. The van der Waals surface area contributed by atoms with Crippen LogP contribution in [0.1, 0.15) is 16.8 Å². The van der Waals surface area contributed by atoms with E-state index in [4.69, 9.17) is 16.3 Å². The molecule has 0 aliphatic carbocycles. The maximum absolute atomic E-state index is 13.3. The van der Waals surface area contributed by atoms with Crippen LogP contribution in [0.4, 0.5) is 9.52 Å². The number of halogens is 2. The van der Waals surface area contributed by atoms with Crippen molar-refractivity contribution in [2.24, 2.45) is 0 Å². The van der Waals surface area contributed by atoms with E-state index in [0.29, 0.717) is 46.5 Å². The smallest absolute Gasteiger partial charge is 0.260 e. The molecule has 2 aromatic heterocycles. The van der Waals surface area contributed by atoms with Gasteiger partial charge in [-0.2, -0.15) is 0 Å². The lowest BCUT2D eigenvalue weighted by Gasteiger charge is -2.20. The zero-order valence-electron chi connectivity index (χ0n) is 16.1. The van der Waals surface area contributed by atoms with Crippen LogP contribution >= 0.6 is 22.9 Å². The molecule has 4 rings (SSSR count). The van der Waals surface area contributed by atoms with E-state index in [1.54, 1.807) is 36.7 Å². The van der Waals surface area contributed by atoms with Crippen LogP contribution < -0.4 is 9.64 Å². The first kappa shape index (κ1) is 20.3. The van der Waals surface area contributed by atoms with Gasteiger partial charge in [0.05, 0.1) is 23.2 Å². The average Bonchev–Trinajstić information content (AvgIpc) is 3.42. The van der Waals surface area contributed by atoms with E-state index in [2.05, 4.69) is 9.97 Å². The number of aromatic nitrogens is 3. The van der Waals surface area contributed by atoms with E-state index >= 15 is 0 Å². The van der Waals surface area contributed by atoms with Gasteiger partial charge in [0.25, 0.3) is 5.91 Å². The molecule has 0 bridgehead atoms. The summed E-state index contributed by atoms with van der Waals surface area (Å²) in [5, 5.41) is 1.05. The van der Waals surface area contributed by atoms with Crippen LogP contribution in [-0.2, 0) is 6.54 Å². The number of methoxy groups -OCH3 is 1. The Kier molecular flexibility index (Phi) is 5.96. The highest BCUT2D eigenvalue weighted by Crippen LogP contribution is 2.39. The van der Waals surface area contributed by atoms with Crippen molar-refractivity contribution in [2.45, 2.75) is 13.0 Å².